The highest BCUT2D eigenvalue weighted by Gasteiger charge is 2.20. The van der Waals surface area contributed by atoms with E-state index in [1.165, 1.54) is 0 Å². The largest absolute Gasteiger partial charge is 0.390 e. The highest BCUT2D eigenvalue weighted by molar-refractivity contribution is 4.74. The summed E-state index contributed by atoms with van der Waals surface area (Å²) in [4.78, 5) is 2.04. The lowest BCUT2D eigenvalue weighted by Gasteiger charge is -2.17. The quantitative estimate of drug-likeness (QED) is 0.629. The van der Waals surface area contributed by atoms with Crippen LogP contribution in [0.1, 0.15) is 40.5 Å². The van der Waals surface area contributed by atoms with E-state index >= 15 is 0 Å². The van der Waals surface area contributed by atoms with Gasteiger partial charge in [0.15, 0.2) is 0 Å². The van der Waals surface area contributed by atoms with Crippen LogP contribution in [-0.4, -0.2) is 47.5 Å². The maximum absolute atomic E-state index is 9.24. The number of aliphatic hydroxyl groups is 2. The molecule has 0 saturated carbocycles. The van der Waals surface area contributed by atoms with E-state index < -0.39 is 12.2 Å². The molecule has 88 valence electrons. The van der Waals surface area contributed by atoms with Crippen LogP contribution in [-0.2, 0) is 0 Å². The van der Waals surface area contributed by atoms with Crippen molar-refractivity contribution >= 4 is 0 Å². The van der Waals surface area contributed by atoms with Crippen LogP contribution in [0, 0.1) is 0 Å². The third kappa shape index (κ3) is 7.30. The van der Waals surface area contributed by atoms with Crippen LogP contribution in [0.15, 0.2) is 0 Å². The number of aliphatic hydroxyl groups excluding tert-OH is 2. The zero-order valence-corrected chi connectivity index (χ0v) is 10.3. The van der Waals surface area contributed by atoms with E-state index in [2.05, 4.69) is 0 Å². The van der Waals surface area contributed by atoms with Gasteiger partial charge in [0.2, 0.25) is 0 Å². The molecular weight excluding hydrogens is 178 g/mol. The van der Waals surface area contributed by atoms with Gasteiger partial charge in [-0.15, -0.1) is 0 Å². The Morgan fingerprint density at radius 1 is 1.00 bits per heavy atom. The number of β-amino-alcohol motifs (C(OH)–C–C–N with tert-alkyl or cyclic N) is 1. The average Bonchev–Trinajstić information content (AvgIpc) is 2.36. The molecule has 0 spiro atoms. The molecule has 0 radical (unpaired) electrons. The van der Waals surface area contributed by atoms with Crippen LogP contribution < -0.4 is 0 Å². The van der Waals surface area contributed by atoms with Gasteiger partial charge in [0.1, 0.15) is 0 Å². The lowest BCUT2D eigenvalue weighted by atomic mass is 10.1. The zero-order chi connectivity index (χ0) is 11.6. The van der Waals surface area contributed by atoms with Gasteiger partial charge in [-0.25, -0.2) is 0 Å². The van der Waals surface area contributed by atoms with Gasteiger partial charge in [0.05, 0.1) is 12.2 Å². The summed E-state index contributed by atoms with van der Waals surface area (Å²) >= 11 is 0. The molecule has 2 N–H and O–H groups in total. The van der Waals surface area contributed by atoms with Crippen LogP contribution in [0.5, 0.6) is 0 Å². The Bertz CT molecular complexity index is 109. The summed E-state index contributed by atoms with van der Waals surface area (Å²) in [5.41, 5.74) is 0. The Morgan fingerprint density at radius 2 is 1.50 bits per heavy atom. The van der Waals surface area contributed by atoms with Crippen molar-refractivity contribution in [2.45, 2.75) is 52.7 Å². The maximum atomic E-state index is 9.24. The summed E-state index contributed by atoms with van der Waals surface area (Å²) in [5.74, 6) is 0. The zero-order valence-electron chi connectivity index (χ0n) is 10.3. The van der Waals surface area contributed by atoms with E-state index in [1.54, 1.807) is 0 Å². The van der Waals surface area contributed by atoms with E-state index in [-0.39, 0.29) is 0 Å². The van der Waals surface area contributed by atoms with Crippen LogP contribution in [0.25, 0.3) is 0 Å². The highest BCUT2D eigenvalue weighted by Crippen LogP contribution is 2.09. The molecule has 2 unspecified atom stereocenters. The molecule has 0 amide bonds. The first-order chi connectivity index (χ1) is 6.70. The third-order valence-electron chi connectivity index (χ3n) is 1.98. The van der Waals surface area contributed by atoms with Gasteiger partial charge in [-0.05, 0) is 26.4 Å². The van der Waals surface area contributed by atoms with E-state index in [1.807, 2.05) is 39.6 Å². The summed E-state index contributed by atoms with van der Waals surface area (Å²) in [6, 6.07) is 0. The monoisotopic (exact) mass is 205 g/mol. The van der Waals surface area contributed by atoms with Crippen molar-refractivity contribution in [1.82, 2.24) is 4.90 Å². The van der Waals surface area contributed by atoms with E-state index in [9.17, 15) is 10.2 Å². The molecule has 1 heterocycles. The third-order valence-corrected chi connectivity index (χ3v) is 1.98. The number of likely N-dealkylation sites (N-methyl/N-ethyl adjacent to an activating group) is 1. The molecular formula is C11H27NO2. The van der Waals surface area contributed by atoms with Crippen molar-refractivity contribution in [3.05, 3.63) is 0 Å². The minimum atomic E-state index is -0.549. The fourth-order valence-electron chi connectivity index (χ4n) is 1.30. The van der Waals surface area contributed by atoms with Crippen molar-refractivity contribution in [2.75, 3.05) is 20.1 Å². The minimum absolute atomic E-state index is 0.509. The standard InChI is InChI=1S/C7H15NO2.2C2H6/c1-8-4-2-3-6(9)7(10)5-8;2*1-2/h6-7,9-10H,2-5H2,1H3;2*1-2H3. The fourth-order valence-corrected chi connectivity index (χ4v) is 1.30. The van der Waals surface area contributed by atoms with Gasteiger partial charge in [-0.3, -0.25) is 0 Å². The summed E-state index contributed by atoms with van der Waals surface area (Å²) < 4.78 is 0. The topological polar surface area (TPSA) is 43.7 Å². The molecule has 0 aliphatic carbocycles. The minimum Gasteiger partial charge on any atom is -0.390 e. The molecule has 1 aliphatic rings. The summed E-state index contributed by atoms with van der Waals surface area (Å²) in [6.07, 6.45) is 0.651. The lowest BCUT2D eigenvalue weighted by molar-refractivity contribution is 0.0116. The van der Waals surface area contributed by atoms with Gasteiger partial charge in [0.25, 0.3) is 0 Å². The highest BCUT2D eigenvalue weighted by atomic mass is 16.3. The predicted molar refractivity (Wildman–Crippen MR) is 61.4 cm³/mol. The van der Waals surface area contributed by atoms with Crippen molar-refractivity contribution in [2.24, 2.45) is 0 Å². The second-order valence-corrected chi connectivity index (χ2v) is 3.04. The molecule has 0 aromatic carbocycles. The predicted octanol–water partition coefficient (Wildman–Crippen LogP) is 1.49. The first-order valence-corrected chi connectivity index (χ1v) is 5.75. The SMILES string of the molecule is CC.CC.CN1CCCC(O)C(O)C1. The van der Waals surface area contributed by atoms with Crippen molar-refractivity contribution in [3.63, 3.8) is 0 Å². The molecule has 0 bridgehead atoms. The van der Waals surface area contributed by atoms with Gasteiger partial charge in [-0.1, -0.05) is 27.7 Å². The Kier molecular flexibility index (Phi) is 12.8. The first kappa shape index (κ1) is 16.3. The molecule has 0 aromatic rings. The molecule has 1 fully saturated rings. The maximum Gasteiger partial charge on any atom is 0.0925 e. The van der Waals surface area contributed by atoms with Crippen molar-refractivity contribution in [3.8, 4) is 0 Å². The lowest BCUT2D eigenvalue weighted by Crippen LogP contribution is -2.33. The van der Waals surface area contributed by atoms with Crippen LogP contribution in [0.2, 0.25) is 0 Å². The molecule has 3 heteroatoms. The van der Waals surface area contributed by atoms with E-state index in [0.29, 0.717) is 6.54 Å². The fraction of sp³-hybridized carbons (Fsp3) is 1.00. The number of hydrogen-bond acceptors (Lipinski definition) is 3. The summed E-state index contributed by atoms with van der Waals surface area (Å²) in [7, 11) is 1.96. The normalized spacial score (nSPS) is 27.6. The van der Waals surface area contributed by atoms with Crippen molar-refractivity contribution in [1.29, 1.82) is 0 Å². The van der Waals surface area contributed by atoms with Crippen molar-refractivity contribution < 1.29 is 10.2 Å². The number of rotatable bonds is 0. The smallest absolute Gasteiger partial charge is 0.0925 e. The van der Waals surface area contributed by atoms with Gasteiger partial charge < -0.3 is 15.1 Å². The molecule has 1 rings (SSSR count). The number of nitrogens with zero attached hydrogens (tertiary/aromatic N) is 1. The van der Waals surface area contributed by atoms with E-state index in [4.69, 9.17) is 0 Å². The second-order valence-electron chi connectivity index (χ2n) is 3.04. The second kappa shape index (κ2) is 11.0. The van der Waals surface area contributed by atoms with Crippen LogP contribution in [0.4, 0.5) is 0 Å². The Labute approximate surface area is 88.7 Å². The Morgan fingerprint density at radius 3 is 2.00 bits per heavy atom. The Hall–Kier alpha value is -0.120. The number of likely N-dealkylation sites (tertiary alicyclic amines) is 1. The van der Waals surface area contributed by atoms with E-state index in [0.717, 1.165) is 19.4 Å². The molecule has 14 heavy (non-hydrogen) atoms. The number of hydrogen-bond donors (Lipinski definition) is 2. The molecule has 1 saturated heterocycles. The summed E-state index contributed by atoms with van der Waals surface area (Å²) in [5, 5.41) is 18.4. The average molecular weight is 205 g/mol. The van der Waals surface area contributed by atoms with Crippen LogP contribution >= 0.6 is 0 Å². The molecule has 1 aliphatic heterocycles. The molecule has 2 atom stereocenters. The Balaban J connectivity index is 0. The van der Waals surface area contributed by atoms with Gasteiger partial charge >= 0.3 is 0 Å². The van der Waals surface area contributed by atoms with Gasteiger partial charge in [-0.2, -0.15) is 0 Å². The van der Waals surface area contributed by atoms with Crippen LogP contribution in [0.3, 0.4) is 0 Å². The van der Waals surface area contributed by atoms with Gasteiger partial charge in [0, 0.05) is 6.54 Å². The summed E-state index contributed by atoms with van der Waals surface area (Å²) in [6.45, 7) is 9.58. The molecule has 0 aromatic heterocycles. The molecule has 3 nitrogen and oxygen atoms in total. The first-order valence-electron chi connectivity index (χ1n) is 5.75.